The molecule has 0 saturated heterocycles. The quantitative estimate of drug-likeness (QED) is 0.605. The van der Waals surface area contributed by atoms with Crippen LogP contribution in [-0.4, -0.2) is 30.6 Å². The number of hydrogen-bond donors (Lipinski definition) is 0. The Morgan fingerprint density at radius 2 is 1.69 bits per heavy atom. The van der Waals surface area contributed by atoms with E-state index in [2.05, 4.69) is 45.7 Å². The first-order valence-electron chi connectivity index (χ1n) is 5.66. The van der Waals surface area contributed by atoms with Crippen molar-refractivity contribution in [3.63, 3.8) is 0 Å². The maximum absolute atomic E-state index is 11.4. The molecule has 0 spiro atoms. The summed E-state index contributed by atoms with van der Waals surface area (Å²) in [6.45, 7) is 6.09. The van der Waals surface area contributed by atoms with E-state index in [0.717, 1.165) is 23.5 Å². The van der Waals surface area contributed by atoms with Crippen molar-refractivity contribution in [3.8, 4) is 0 Å². The normalized spacial score (nSPS) is 13.4. The van der Waals surface area contributed by atoms with Crippen molar-refractivity contribution in [2.75, 3.05) is 22.2 Å². The molecule has 5 heteroatoms. The first-order valence-corrected chi connectivity index (χ1v) is 9.72. The average Bonchev–Trinajstić information content (AvgIpc) is 2.24. The van der Waals surface area contributed by atoms with Gasteiger partial charge in [-0.25, -0.2) is 8.42 Å². The summed E-state index contributed by atoms with van der Waals surface area (Å²) in [5.74, 6) is 1.11. The van der Waals surface area contributed by atoms with Crippen LogP contribution in [-0.2, 0) is 9.84 Å². The van der Waals surface area contributed by atoms with E-state index in [1.54, 1.807) is 6.92 Å². The summed E-state index contributed by atoms with van der Waals surface area (Å²) in [7, 11) is -2.81. The van der Waals surface area contributed by atoms with Crippen LogP contribution in [0.2, 0.25) is 0 Å². The van der Waals surface area contributed by atoms with E-state index >= 15 is 0 Å². The zero-order chi connectivity index (χ0) is 12.8. The molecule has 0 atom stereocenters. The van der Waals surface area contributed by atoms with Crippen LogP contribution in [0.3, 0.4) is 0 Å². The van der Waals surface area contributed by atoms with Crippen LogP contribution < -0.4 is 0 Å². The van der Waals surface area contributed by atoms with Gasteiger partial charge in [-0.05, 0) is 24.2 Å². The lowest BCUT2D eigenvalue weighted by Crippen LogP contribution is -2.31. The first-order chi connectivity index (χ1) is 7.33. The Bertz CT molecular complexity index is 282. The summed E-state index contributed by atoms with van der Waals surface area (Å²) in [5.41, 5.74) is 0.170. The summed E-state index contributed by atoms with van der Waals surface area (Å²) in [5, 5.41) is 1.82. The lowest BCUT2D eigenvalue weighted by atomic mass is 9.77. The molecule has 0 aliphatic rings. The van der Waals surface area contributed by atoms with Gasteiger partial charge in [0.1, 0.15) is 9.84 Å². The molecule has 98 valence electrons. The molecule has 0 aliphatic heterocycles. The lowest BCUT2D eigenvalue weighted by molar-refractivity contribution is 0.246. The van der Waals surface area contributed by atoms with Gasteiger partial charge in [-0.1, -0.05) is 52.6 Å². The van der Waals surface area contributed by atoms with Crippen molar-refractivity contribution in [2.45, 2.75) is 33.6 Å². The highest BCUT2D eigenvalue weighted by atomic mass is 79.9. The molecule has 0 N–H and O–H groups in total. The van der Waals surface area contributed by atoms with Crippen LogP contribution >= 0.6 is 31.9 Å². The van der Waals surface area contributed by atoms with Gasteiger partial charge in [0.2, 0.25) is 0 Å². The molecule has 0 heterocycles. The second-order valence-electron chi connectivity index (χ2n) is 4.62. The Kier molecular flexibility index (Phi) is 7.79. The fourth-order valence-electron chi connectivity index (χ4n) is 1.56. The molecule has 2 nitrogen and oxygen atoms in total. The zero-order valence-corrected chi connectivity index (χ0v) is 14.3. The highest BCUT2D eigenvalue weighted by molar-refractivity contribution is 9.09. The Morgan fingerprint density at radius 1 is 1.19 bits per heavy atom. The van der Waals surface area contributed by atoms with Crippen LogP contribution in [0.15, 0.2) is 0 Å². The third kappa shape index (κ3) is 5.05. The van der Waals surface area contributed by atoms with Gasteiger partial charge in [-0.3, -0.25) is 0 Å². The third-order valence-electron chi connectivity index (χ3n) is 3.33. The minimum absolute atomic E-state index is 0.170. The maximum atomic E-state index is 11.4. The van der Waals surface area contributed by atoms with Gasteiger partial charge < -0.3 is 0 Å². The van der Waals surface area contributed by atoms with Gasteiger partial charge >= 0.3 is 0 Å². The van der Waals surface area contributed by atoms with Gasteiger partial charge in [-0.2, -0.15) is 0 Å². The summed E-state index contributed by atoms with van der Waals surface area (Å²) in [4.78, 5) is 0. The van der Waals surface area contributed by atoms with Crippen LogP contribution in [0.25, 0.3) is 0 Å². The molecular weight excluding hydrogens is 356 g/mol. The molecule has 0 aromatic heterocycles. The van der Waals surface area contributed by atoms with Crippen LogP contribution in [0, 0.1) is 11.3 Å². The SMILES string of the molecule is CCS(=O)(=O)CCCC(CBr)(CBr)C(C)C. The van der Waals surface area contributed by atoms with E-state index in [0.29, 0.717) is 11.7 Å². The van der Waals surface area contributed by atoms with Gasteiger partial charge in [0.25, 0.3) is 0 Å². The van der Waals surface area contributed by atoms with Crippen LogP contribution in [0.5, 0.6) is 0 Å². The fraction of sp³-hybridized carbons (Fsp3) is 1.00. The van der Waals surface area contributed by atoms with Gasteiger partial charge in [-0.15, -0.1) is 0 Å². The first kappa shape index (κ1) is 16.9. The highest BCUT2D eigenvalue weighted by Crippen LogP contribution is 2.36. The van der Waals surface area contributed by atoms with E-state index in [-0.39, 0.29) is 11.2 Å². The third-order valence-corrected chi connectivity index (χ3v) is 7.35. The molecule has 0 amide bonds. The lowest BCUT2D eigenvalue weighted by Gasteiger charge is -2.34. The highest BCUT2D eigenvalue weighted by Gasteiger charge is 2.31. The zero-order valence-electron chi connectivity index (χ0n) is 10.3. The molecule has 0 aromatic rings. The van der Waals surface area contributed by atoms with Gasteiger partial charge in [0, 0.05) is 16.4 Å². The standard InChI is InChI=1S/C11H22Br2O2S/c1-4-16(14,15)7-5-6-11(8-12,9-13)10(2)3/h10H,4-9H2,1-3H3. The van der Waals surface area contributed by atoms with Crippen molar-refractivity contribution < 1.29 is 8.42 Å². The Labute approximate surface area is 117 Å². The van der Waals surface area contributed by atoms with Crippen molar-refractivity contribution in [3.05, 3.63) is 0 Å². The number of rotatable bonds is 8. The van der Waals surface area contributed by atoms with Crippen LogP contribution in [0.1, 0.15) is 33.6 Å². The molecule has 0 unspecified atom stereocenters. The van der Waals surface area contributed by atoms with Crippen molar-refractivity contribution in [1.29, 1.82) is 0 Å². The second kappa shape index (κ2) is 7.37. The number of halogens is 2. The molecule has 0 radical (unpaired) electrons. The molecule has 0 aromatic carbocycles. The van der Waals surface area contributed by atoms with Crippen molar-refractivity contribution in [1.82, 2.24) is 0 Å². The van der Waals surface area contributed by atoms with Gasteiger partial charge in [0.05, 0.1) is 5.75 Å². The summed E-state index contributed by atoms with van der Waals surface area (Å²) in [6.07, 6.45) is 1.70. The summed E-state index contributed by atoms with van der Waals surface area (Å²) < 4.78 is 22.8. The summed E-state index contributed by atoms with van der Waals surface area (Å²) in [6, 6.07) is 0. The maximum Gasteiger partial charge on any atom is 0.150 e. The van der Waals surface area contributed by atoms with E-state index in [4.69, 9.17) is 0 Å². The van der Waals surface area contributed by atoms with Crippen molar-refractivity contribution in [2.24, 2.45) is 11.3 Å². The minimum Gasteiger partial charge on any atom is -0.229 e. The van der Waals surface area contributed by atoms with Crippen molar-refractivity contribution >= 4 is 41.7 Å². The smallest absolute Gasteiger partial charge is 0.150 e. The molecule has 0 rings (SSSR count). The number of hydrogen-bond acceptors (Lipinski definition) is 2. The van der Waals surface area contributed by atoms with E-state index < -0.39 is 9.84 Å². The average molecular weight is 378 g/mol. The van der Waals surface area contributed by atoms with E-state index in [9.17, 15) is 8.42 Å². The Balaban J connectivity index is 4.35. The monoisotopic (exact) mass is 376 g/mol. The topological polar surface area (TPSA) is 34.1 Å². The molecule has 0 saturated carbocycles. The fourth-order valence-corrected chi connectivity index (χ4v) is 5.21. The minimum atomic E-state index is -2.81. The molecule has 0 fully saturated rings. The van der Waals surface area contributed by atoms with Crippen LogP contribution in [0.4, 0.5) is 0 Å². The van der Waals surface area contributed by atoms with E-state index in [1.807, 2.05) is 0 Å². The number of sulfone groups is 1. The predicted molar refractivity (Wildman–Crippen MR) is 78.4 cm³/mol. The second-order valence-corrected chi connectivity index (χ2v) is 8.22. The molecule has 0 bridgehead atoms. The molecule has 0 aliphatic carbocycles. The predicted octanol–water partition coefficient (Wildman–Crippen LogP) is 3.63. The van der Waals surface area contributed by atoms with Gasteiger partial charge in [0.15, 0.2) is 0 Å². The number of alkyl halides is 2. The Morgan fingerprint density at radius 3 is 2.00 bits per heavy atom. The Hall–Kier alpha value is 0.910. The summed E-state index contributed by atoms with van der Waals surface area (Å²) >= 11 is 7.10. The largest absolute Gasteiger partial charge is 0.229 e. The molecular formula is C11H22Br2O2S. The van der Waals surface area contributed by atoms with E-state index in [1.165, 1.54) is 0 Å². The molecule has 16 heavy (non-hydrogen) atoms.